The fraction of sp³-hybridized carbons (Fsp3) is 0.636. The molecule has 2 unspecified atom stereocenters. The molecule has 0 radical (unpaired) electrons. The van der Waals surface area contributed by atoms with Crippen molar-refractivity contribution in [2.75, 3.05) is 13.1 Å². The summed E-state index contributed by atoms with van der Waals surface area (Å²) in [4.78, 5) is 13.1. The molecule has 1 saturated heterocycles. The SMILES string of the molecule is CC(=O)c1cc(CN2CC(C)C(O)C2)on1. The highest BCUT2D eigenvalue weighted by molar-refractivity contribution is 5.91. The van der Waals surface area contributed by atoms with Gasteiger partial charge in [-0.25, -0.2) is 0 Å². The van der Waals surface area contributed by atoms with Gasteiger partial charge in [0.2, 0.25) is 0 Å². The molecule has 0 saturated carbocycles. The molecule has 0 bridgehead atoms. The van der Waals surface area contributed by atoms with Crippen LogP contribution in [0.5, 0.6) is 0 Å². The van der Waals surface area contributed by atoms with Crippen LogP contribution in [0.1, 0.15) is 30.1 Å². The minimum Gasteiger partial charge on any atom is -0.391 e. The van der Waals surface area contributed by atoms with E-state index in [1.54, 1.807) is 6.07 Å². The number of carbonyl (C=O) groups is 1. The zero-order chi connectivity index (χ0) is 11.7. The molecule has 2 heterocycles. The summed E-state index contributed by atoms with van der Waals surface area (Å²) in [5, 5.41) is 13.3. The molecule has 5 nitrogen and oxygen atoms in total. The monoisotopic (exact) mass is 224 g/mol. The van der Waals surface area contributed by atoms with E-state index in [9.17, 15) is 9.90 Å². The van der Waals surface area contributed by atoms with E-state index in [-0.39, 0.29) is 17.8 Å². The first-order valence-electron chi connectivity index (χ1n) is 5.43. The molecule has 1 aliphatic heterocycles. The van der Waals surface area contributed by atoms with Gasteiger partial charge in [0.25, 0.3) is 0 Å². The molecule has 1 N–H and O–H groups in total. The second-order valence-corrected chi connectivity index (χ2v) is 4.47. The van der Waals surface area contributed by atoms with Crippen LogP contribution in [0.25, 0.3) is 0 Å². The second-order valence-electron chi connectivity index (χ2n) is 4.47. The van der Waals surface area contributed by atoms with Crippen LogP contribution in [0.2, 0.25) is 0 Å². The van der Waals surface area contributed by atoms with E-state index in [0.717, 1.165) is 6.54 Å². The van der Waals surface area contributed by atoms with Crippen LogP contribution in [0.3, 0.4) is 0 Å². The smallest absolute Gasteiger partial charge is 0.181 e. The highest BCUT2D eigenvalue weighted by Crippen LogP contribution is 2.18. The Morgan fingerprint density at radius 1 is 1.69 bits per heavy atom. The topological polar surface area (TPSA) is 66.6 Å². The van der Waals surface area contributed by atoms with Crippen LogP contribution < -0.4 is 0 Å². The van der Waals surface area contributed by atoms with E-state index in [2.05, 4.69) is 10.1 Å². The fourth-order valence-electron chi connectivity index (χ4n) is 1.95. The highest BCUT2D eigenvalue weighted by atomic mass is 16.5. The molecule has 16 heavy (non-hydrogen) atoms. The quantitative estimate of drug-likeness (QED) is 0.765. The number of carbonyl (C=O) groups excluding carboxylic acids is 1. The van der Waals surface area contributed by atoms with Gasteiger partial charge < -0.3 is 9.63 Å². The molecule has 1 aromatic heterocycles. The zero-order valence-corrected chi connectivity index (χ0v) is 9.51. The third kappa shape index (κ3) is 2.31. The van der Waals surface area contributed by atoms with E-state index in [1.807, 2.05) is 6.92 Å². The van der Waals surface area contributed by atoms with E-state index >= 15 is 0 Å². The normalized spacial score (nSPS) is 26.2. The Balaban J connectivity index is 1.97. The Labute approximate surface area is 94.0 Å². The van der Waals surface area contributed by atoms with Gasteiger partial charge in [0, 0.05) is 26.1 Å². The van der Waals surface area contributed by atoms with Crippen molar-refractivity contribution in [3.05, 3.63) is 17.5 Å². The number of aliphatic hydroxyl groups is 1. The number of Topliss-reactive ketones (excluding diaryl/α,β-unsaturated/α-hetero) is 1. The Bertz CT molecular complexity index is 378. The Hall–Kier alpha value is -1.20. The van der Waals surface area contributed by atoms with Gasteiger partial charge in [-0.15, -0.1) is 0 Å². The summed E-state index contributed by atoms with van der Waals surface area (Å²) < 4.78 is 5.06. The van der Waals surface area contributed by atoms with Crippen molar-refractivity contribution in [2.45, 2.75) is 26.5 Å². The number of ketones is 1. The van der Waals surface area contributed by atoms with Crippen LogP contribution in [-0.4, -0.2) is 40.1 Å². The largest absolute Gasteiger partial charge is 0.391 e. The number of likely N-dealkylation sites (tertiary alicyclic amines) is 1. The summed E-state index contributed by atoms with van der Waals surface area (Å²) in [6.45, 7) is 5.57. The number of aliphatic hydroxyl groups excluding tert-OH is 1. The van der Waals surface area contributed by atoms with Crippen LogP contribution in [0.4, 0.5) is 0 Å². The lowest BCUT2D eigenvalue weighted by atomic mass is 10.1. The van der Waals surface area contributed by atoms with Crippen molar-refractivity contribution >= 4 is 5.78 Å². The lowest BCUT2D eigenvalue weighted by molar-refractivity contribution is 0.100. The van der Waals surface area contributed by atoms with Crippen LogP contribution >= 0.6 is 0 Å². The van der Waals surface area contributed by atoms with Gasteiger partial charge in [-0.2, -0.15) is 0 Å². The molecule has 1 aliphatic rings. The van der Waals surface area contributed by atoms with Crippen molar-refractivity contribution < 1.29 is 14.4 Å². The molecule has 2 rings (SSSR count). The molecular formula is C11H16N2O3. The number of hydrogen-bond acceptors (Lipinski definition) is 5. The van der Waals surface area contributed by atoms with Crippen molar-refractivity contribution in [3.63, 3.8) is 0 Å². The molecule has 0 amide bonds. The minimum atomic E-state index is -0.268. The van der Waals surface area contributed by atoms with Gasteiger partial charge in [-0.05, 0) is 5.92 Å². The third-order valence-corrected chi connectivity index (χ3v) is 2.95. The van der Waals surface area contributed by atoms with Gasteiger partial charge in [0.05, 0.1) is 12.6 Å². The van der Waals surface area contributed by atoms with E-state index in [4.69, 9.17) is 4.52 Å². The average molecular weight is 224 g/mol. The standard InChI is InChI=1S/C11H16N2O3/c1-7-4-13(6-11(7)15)5-9-3-10(8(2)14)12-16-9/h3,7,11,15H,4-6H2,1-2H3. The third-order valence-electron chi connectivity index (χ3n) is 2.95. The lowest BCUT2D eigenvalue weighted by Crippen LogP contribution is -2.21. The maximum absolute atomic E-state index is 11.0. The first-order chi connectivity index (χ1) is 7.56. The van der Waals surface area contributed by atoms with E-state index < -0.39 is 0 Å². The predicted octanol–water partition coefficient (Wildman–Crippen LogP) is 0.690. The number of nitrogens with zero attached hydrogens (tertiary/aromatic N) is 2. The summed E-state index contributed by atoms with van der Waals surface area (Å²) in [5.41, 5.74) is 0.364. The average Bonchev–Trinajstić information content (AvgIpc) is 2.76. The maximum atomic E-state index is 11.0. The summed E-state index contributed by atoms with van der Waals surface area (Å²) >= 11 is 0. The summed E-state index contributed by atoms with van der Waals surface area (Å²) in [5.74, 6) is 0.867. The molecule has 0 spiro atoms. The Morgan fingerprint density at radius 2 is 2.44 bits per heavy atom. The van der Waals surface area contributed by atoms with Crippen molar-refractivity contribution in [1.82, 2.24) is 10.1 Å². The minimum absolute atomic E-state index is 0.0928. The van der Waals surface area contributed by atoms with E-state index in [0.29, 0.717) is 24.5 Å². The van der Waals surface area contributed by atoms with Gasteiger partial charge in [-0.1, -0.05) is 12.1 Å². The van der Waals surface area contributed by atoms with Gasteiger partial charge in [0.1, 0.15) is 5.69 Å². The van der Waals surface area contributed by atoms with Gasteiger partial charge in [0.15, 0.2) is 11.5 Å². The molecular weight excluding hydrogens is 208 g/mol. The fourth-order valence-corrected chi connectivity index (χ4v) is 1.95. The predicted molar refractivity (Wildman–Crippen MR) is 57.0 cm³/mol. The summed E-state index contributed by atoms with van der Waals surface area (Å²) in [6, 6.07) is 1.66. The van der Waals surface area contributed by atoms with Gasteiger partial charge in [-0.3, -0.25) is 9.69 Å². The summed E-state index contributed by atoms with van der Waals surface area (Å²) in [7, 11) is 0. The molecule has 88 valence electrons. The second kappa shape index (κ2) is 4.35. The van der Waals surface area contributed by atoms with Crippen molar-refractivity contribution in [2.24, 2.45) is 5.92 Å². The van der Waals surface area contributed by atoms with E-state index in [1.165, 1.54) is 6.92 Å². The number of β-amino-alcohol motifs (C(OH)–C–C–N with tert-alkyl or cyclic N) is 1. The van der Waals surface area contributed by atoms with Crippen molar-refractivity contribution in [3.8, 4) is 0 Å². The summed E-state index contributed by atoms with van der Waals surface area (Å²) in [6.07, 6.45) is -0.268. The Kier molecular flexibility index (Phi) is 3.07. The Morgan fingerprint density at radius 3 is 2.94 bits per heavy atom. The maximum Gasteiger partial charge on any atom is 0.181 e. The molecule has 5 heteroatoms. The number of aromatic nitrogens is 1. The number of rotatable bonds is 3. The molecule has 0 aliphatic carbocycles. The highest BCUT2D eigenvalue weighted by Gasteiger charge is 2.28. The molecule has 1 fully saturated rings. The molecule has 2 atom stereocenters. The molecule has 0 aromatic carbocycles. The van der Waals surface area contributed by atoms with Crippen molar-refractivity contribution in [1.29, 1.82) is 0 Å². The molecule has 1 aromatic rings. The van der Waals surface area contributed by atoms with Crippen LogP contribution in [0.15, 0.2) is 10.6 Å². The van der Waals surface area contributed by atoms with Crippen LogP contribution in [0, 0.1) is 5.92 Å². The first kappa shape index (κ1) is 11.3. The first-order valence-corrected chi connectivity index (χ1v) is 5.43. The van der Waals surface area contributed by atoms with Crippen LogP contribution in [-0.2, 0) is 6.54 Å². The van der Waals surface area contributed by atoms with Gasteiger partial charge >= 0.3 is 0 Å². The number of hydrogen-bond donors (Lipinski definition) is 1. The lowest BCUT2D eigenvalue weighted by Gasteiger charge is -2.11. The zero-order valence-electron chi connectivity index (χ0n) is 9.51.